The quantitative estimate of drug-likeness (QED) is 0.796. The fraction of sp³-hybridized carbons (Fsp3) is 0.500. The topological polar surface area (TPSA) is 50.4 Å². The SMILES string of the molecule is Cc1cc(I)ccc1NC(=O)COC1CCNCC1. The van der Waals surface area contributed by atoms with Gasteiger partial charge in [-0.15, -0.1) is 0 Å². The summed E-state index contributed by atoms with van der Waals surface area (Å²) in [6.45, 7) is 4.08. The van der Waals surface area contributed by atoms with Crippen LogP contribution in [-0.2, 0) is 9.53 Å². The minimum atomic E-state index is -0.0807. The second-order valence-electron chi connectivity index (χ2n) is 4.77. The first-order chi connectivity index (χ1) is 9.15. The van der Waals surface area contributed by atoms with Crippen LogP contribution in [0.3, 0.4) is 0 Å². The smallest absolute Gasteiger partial charge is 0.250 e. The number of piperidine rings is 1. The van der Waals surface area contributed by atoms with Gasteiger partial charge in [-0.25, -0.2) is 0 Å². The van der Waals surface area contributed by atoms with Crippen molar-refractivity contribution in [3.05, 3.63) is 27.3 Å². The third-order valence-electron chi connectivity index (χ3n) is 3.20. The molecule has 1 saturated heterocycles. The number of anilines is 1. The van der Waals surface area contributed by atoms with Gasteiger partial charge in [0.1, 0.15) is 6.61 Å². The summed E-state index contributed by atoms with van der Waals surface area (Å²) < 4.78 is 6.79. The van der Waals surface area contributed by atoms with Gasteiger partial charge in [0, 0.05) is 9.26 Å². The summed E-state index contributed by atoms with van der Waals surface area (Å²) in [6.07, 6.45) is 2.18. The van der Waals surface area contributed by atoms with Crippen molar-refractivity contribution in [2.45, 2.75) is 25.9 Å². The lowest BCUT2D eigenvalue weighted by Crippen LogP contribution is -2.34. The highest BCUT2D eigenvalue weighted by atomic mass is 127. The summed E-state index contributed by atoms with van der Waals surface area (Å²) in [4.78, 5) is 11.8. The van der Waals surface area contributed by atoms with Gasteiger partial charge in [0.25, 0.3) is 0 Å². The van der Waals surface area contributed by atoms with Gasteiger partial charge in [0.15, 0.2) is 0 Å². The van der Waals surface area contributed by atoms with Gasteiger partial charge >= 0.3 is 0 Å². The standard InChI is InChI=1S/C14H19IN2O2/c1-10-8-11(15)2-3-13(10)17-14(18)9-19-12-4-6-16-7-5-12/h2-3,8,12,16H,4-7,9H2,1H3,(H,17,18). The predicted molar refractivity (Wildman–Crippen MR) is 84.4 cm³/mol. The van der Waals surface area contributed by atoms with Crippen LogP contribution in [0.2, 0.25) is 0 Å². The Morgan fingerprint density at radius 1 is 1.47 bits per heavy atom. The van der Waals surface area contributed by atoms with Gasteiger partial charge in [-0.3, -0.25) is 4.79 Å². The van der Waals surface area contributed by atoms with Crippen molar-refractivity contribution in [3.8, 4) is 0 Å². The highest BCUT2D eigenvalue weighted by molar-refractivity contribution is 14.1. The summed E-state index contributed by atoms with van der Waals surface area (Å²) in [5.41, 5.74) is 1.93. The number of hydrogen-bond acceptors (Lipinski definition) is 3. The van der Waals surface area contributed by atoms with Gasteiger partial charge in [-0.05, 0) is 79.2 Å². The predicted octanol–water partition coefficient (Wildman–Crippen LogP) is 2.31. The number of nitrogens with one attached hydrogen (secondary N) is 2. The Bertz CT molecular complexity index is 445. The Kier molecular flexibility index (Phi) is 5.59. The van der Waals surface area contributed by atoms with Crippen LogP contribution in [0.1, 0.15) is 18.4 Å². The van der Waals surface area contributed by atoms with Crippen molar-refractivity contribution in [1.82, 2.24) is 5.32 Å². The van der Waals surface area contributed by atoms with Crippen LogP contribution in [0, 0.1) is 10.5 Å². The maximum absolute atomic E-state index is 11.8. The molecule has 4 nitrogen and oxygen atoms in total. The third-order valence-corrected chi connectivity index (χ3v) is 3.87. The van der Waals surface area contributed by atoms with E-state index in [0.717, 1.165) is 37.2 Å². The van der Waals surface area contributed by atoms with E-state index < -0.39 is 0 Å². The Labute approximate surface area is 127 Å². The number of ether oxygens (including phenoxy) is 1. The summed E-state index contributed by atoms with van der Waals surface area (Å²) in [7, 11) is 0. The van der Waals surface area contributed by atoms with Crippen LogP contribution in [0.25, 0.3) is 0 Å². The molecular weight excluding hydrogens is 355 g/mol. The van der Waals surface area contributed by atoms with E-state index in [4.69, 9.17) is 4.74 Å². The average molecular weight is 374 g/mol. The first-order valence-corrected chi connectivity index (χ1v) is 7.61. The Morgan fingerprint density at radius 2 is 2.21 bits per heavy atom. The number of carbonyl (C=O) groups is 1. The van der Waals surface area contributed by atoms with Crippen molar-refractivity contribution in [1.29, 1.82) is 0 Å². The first kappa shape index (κ1) is 14.7. The number of aryl methyl sites for hydroxylation is 1. The first-order valence-electron chi connectivity index (χ1n) is 6.53. The molecule has 5 heteroatoms. The zero-order chi connectivity index (χ0) is 13.7. The van der Waals surface area contributed by atoms with Gasteiger partial charge < -0.3 is 15.4 Å². The van der Waals surface area contributed by atoms with Gasteiger partial charge in [-0.2, -0.15) is 0 Å². The molecule has 1 aromatic carbocycles. The fourth-order valence-electron chi connectivity index (χ4n) is 2.11. The maximum Gasteiger partial charge on any atom is 0.250 e. The molecule has 0 aromatic heterocycles. The van der Waals surface area contributed by atoms with Gasteiger partial charge in [0.05, 0.1) is 6.10 Å². The molecular formula is C14H19IN2O2. The lowest BCUT2D eigenvalue weighted by molar-refractivity contribution is -0.123. The van der Waals surface area contributed by atoms with Crippen molar-refractivity contribution in [3.63, 3.8) is 0 Å². The Morgan fingerprint density at radius 3 is 2.89 bits per heavy atom. The molecule has 0 aliphatic carbocycles. The molecule has 0 spiro atoms. The number of halogens is 1. The number of amides is 1. The molecule has 2 N–H and O–H groups in total. The summed E-state index contributed by atoms with van der Waals surface area (Å²) in [6, 6.07) is 5.96. The highest BCUT2D eigenvalue weighted by Gasteiger charge is 2.15. The Hall–Kier alpha value is -0.660. The molecule has 1 fully saturated rings. The molecule has 0 radical (unpaired) electrons. The normalized spacial score (nSPS) is 16.3. The van der Waals surface area contributed by atoms with Gasteiger partial charge in [-0.1, -0.05) is 0 Å². The minimum Gasteiger partial charge on any atom is -0.368 e. The molecule has 0 saturated carbocycles. The van der Waals surface area contributed by atoms with E-state index in [1.807, 2.05) is 25.1 Å². The molecule has 1 aromatic rings. The van der Waals surface area contributed by atoms with E-state index in [1.165, 1.54) is 3.57 Å². The molecule has 1 heterocycles. The molecule has 2 rings (SSSR count). The number of benzene rings is 1. The average Bonchev–Trinajstić information content (AvgIpc) is 2.41. The van der Waals surface area contributed by atoms with E-state index in [2.05, 4.69) is 33.2 Å². The van der Waals surface area contributed by atoms with Crippen LogP contribution in [0.5, 0.6) is 0 Å². The number of carbonyl (C=O) groups excluding carboxylic acids is 1. The zero-order valence-corrected chi connectivity index (χ0v) is 13.2. The van der Waals surface area contributed by atoms with E-state index >= 15 is 0 Å². The van der Waals surface area contributed by atoms with Crippen molar-refractivity contribution < 1.29 is 9.53 Å². The van der Waals surface area contributed by atoms with Crippen LogP contribution in [0.4, 0.5) is 5.69 Å². The molecule has 1 aliphatic heterocycles. The lowest BCUT2D eigenvalue weighted by Gasteiger charge is -2.22. The third kappa shape index (κ3) is 4.74. The fourth-order valence-corrected chi connectivity index (χ4v) is 2.76. The number of rotatable bonds is 4. The summed E-state index contributed by atoms with van der Waals surface area (Å²) >= 11 is 2.26. The second kappa shape index (κ2) is 7.21. The van der Waals surface area contributed by atoms with E-state index in [9.17, 15) is 4.79 Å². The Balaban J connectivity index is 1.80. The van der Waals surface area contributed by atoms with Crippen molar-refractivity contribution in [2.75, 3.05) is 25.0 Å². The minimum absolute atomic E-state index is 0.0807. The lowest BCUT2D eigenvalue weighted by atomic mass is 10.1. The van der Waals surface area contributed by atoms with Crippen LogP contribution < -0.4 is 10.6 Å². The number of hydrogen-bond donors (Lipinski definition) is 2. The molecule has 19 heavy (non-hydrogen) atoms. The summed E-state index contributed by atoms with van der Waals surface area (Å²) in [5.74, 6) is -0.0807. The monoisotopic (exact) mass is 374 g/mol. The zero-order valence-electron chi connectivity index (χ0n) is 11.0. The van der Waals surface area contributed by atoms with Crippen LogP contribution in [0.15, 0.2) is 18.2 Å². The molecule has 0 atom stereocenters. The van der Waals surface area contributed by atoms with Crippen molar-refractivity contribution >= 4 is 34.2 Å². The molecule has 104 valence electrons. The van der Waals surface area contributed by atoms with E-state index in [-0.39, 0.29) is 18.6 Å². The van der Waals surface area contributed by atoms with Crippen LogP contribution in [-0.4, -0.2) is 31.7 Å². The molecule has 0 bridgehead atoms. The van der Waals surface area contributed by atoms with E-state index in [1.54, 1.807) is 0 Å². The highest BCUT2D eigenvalue weighted by Crippen LogP contribution is 2.17. The molecule has 0 unspecified atom stereocenters. The summed E-state index contributed by atoms with van der Waals surface area (Å²) in [5, 5.41) is 6.17. The largest absolute Gasteiger partial charge is 0.368 e. The van der Waals surface area contributed by atoms with Crippen molar-refractivity contribution in [2.24, 2.45) is 0 Å². The maximum atomic E-state index is 11.8. The molecule has 1 aliphatic rings. The second-order valence-corrected chi connectivity index (χ2v) is 6.01. The molecule has 1 amide bonds. The van der Waals surface area contributed by atoms with E-state index in [0.29, 0.717) is 0 Å². The van der Waals surface area contributed by atoms with Crippen LogP contribution >= 0.6 is 22.6 Å². The van der Waals surface area contributed by atoms with Gasteiger partial charge in [0.2, 0.25) is 5.91 Å².